The van der Waals surface area contributed by atoms with E-state index in [4.69, 9.17) is 0 Å². The number of hydrogen-bond acceptors (Lipinski definition) is 4. The first kappa shape index (κ1) is 24.2. The van der Waals surface area contributed by atoms with E-state index in [2.05, 4.69) is 73.2 Å². The summed E-state index contributed by atoms with van der Waals surface area (Å²) < 4.78 is 1.90. The van der Waals surface area contributed by atoms with Gasteiger partial charge in [0.15, 0.2) is 5.96 Å². The van der Waals surface area contributed by atoms with Crippen LogP contribution in [0.5, 0.6) is 0 Å². The van der Waals surface area contributed by atoms with Gasteiger partial charge in [0.1, 0.15) is 0 Å². The molecule has 1 N–H and O–H groups in total. The number of halogens is 1. The fraction of sp³-hybridized carbons (Fsp3) is 0.440. The standard InChI is InChI=1S/C25H32N6S.HI/c1-26-25(31-11-8-20(17-31)22-14-28-29(2)16-22)27-15-23(19-6-4-3-5-7-19)30-12-9-24-21(18-30)10-13-32-24;/h3-7,10,13-14,16,20,23H,8-9,11-12,15,17-18H2,1-2H3,(H,26,27);1H. The van der Waals surface area contributed by atoms with Crippen molar-refractivity contribution >= 4 is 41.3 Å². The number of nitrogens with zero attached hydrogens (tertiary/aromatic N) is 5. The maximum atomic E-state index is 4.64. The summed E-state index contributed by atoms with van der Waals surface area (Å²) in [4.78, 5) is 11.2. The van der Waals surface area contributed by atoms with E-state index in [-0.39, 0.29) is 24.0 Å². The van der Waals surface area contributed by atoms with Crippen LogP contribution in [0.2, 0.25) is 0 Å². The number of rotatable bonds is 5. The van der Waals surface area contributed by atoms with E-state index < -0.39 is 0 Å². The number of hydrogen-bond donors (Lipinski definition) is 1. The third-order valence-corrected chi connectivity index (χ3v) is 7.83. The monoisotopic (exact) mass is 576 g/mol. The Labute approximate surface area is 217 Å². The van der Waals surface area contributed by atoms with Gasteiger partial charge < -0.3 is 10.2 Å². The van der Waals surface area contributed by atoms with Gasteiger partial charge in [0.2, 0.25) is 0 Å². The lowest BCUT2D eigenvalue weighted by atomic mass is 10.0. The molecule has 0 spiro atoms. The number of guanidine groups is 1. The molecule has 2 unspecified atom stereocenters. The van der Waals surface area contributed by atoms with Crippen molar-refractivity contribution < 1.29 is 0 Å². The number of aromatic nitrogens is 2. The zero-order chi connectivity index (χ0) is 21.9. The summed E-state index contributed by atoms with van der Waals surface area (Å²) >= 11 is 1.90. The Morgan fingerprint density at radius 3 is 2.85 bits per heavy atom. The molecule has 8 heteroatoms. The number of fused-ring (bicyclic) bond motifs is 1. The van der Waals surface area contributed by atoms with Gasteiger partial charge >= 0.3 is 0 Å². The number of aryl methyl sites for hydroxylation is 1. The van der Waals surface area contributed by atoms with E-state index in [1.807, 2.05) is 36.3 Å². The van der Waals surface area contributed by atoms with Gasteiger partial charge in [-0.15, -0.1) is 35.3 Å². The zero-order valence-electron chi connectivity index (χ0n) is 19.4. The Bertz CT molecular complexity index is 1060. The van der Waals surface area contributed by atoms with Crippen molar-refractivity contribution in [3.05, 3.63) is 75.7 Å². The third kappa shape index (κ3) is 5.44. The molecule has 3 aromatic rings. The highest BCUT2D eigenvalue weighted by Crippen LogP contribution is 2.31. The SMILES string of the molecule is CN=C(NCC(c1ccccc1)N1CCc2sccc2C1)N1CCC(c2cnn(C)c2)C1.I. The van der Waals surface area contributed by atoms with Crippen molar-refractivity contribution in [3.8, 4) is 0 Å². The van der Waals surface area contributed by atoms with Crippen molar-refractivity contribution in [1.29, 1.82) is 0 Å². The first-order chi connectivity index (χ1) is 15.7. The number of thiophene rings is 1. The van der Waals surface area contributed by atoms with Crippen molar-refractivity contribution in [2.75, 3.05) is 33.2 Å². The Kier molecular flexibility index (Phi) is 8.08. The van der Waals surface area contributed by atoms with Crippen LogP contribution < -0.4 is 5.32 Å². The lowest BCUT2D eigenvalue weighted by Crippen LogP contribution is -2.45. The van der Waals surface area contributed by atoms with Crippen LogP contribution in [0, 0.1) is 0 Å². The van der Waals surface area contributed by atoms with Gasteiger partial charge in [-0.25, -0.2) is 0 Å². The largest absolute Gasteiger partial charge is 0.354 e. The van der Waals surface area contributed by atoms with Crippen LogP contribution >= 0.6 is 35.3 Å². The van der Waals surface area contributed by atoms with E-state index in [0.717, 1.165) is 51.5 Å². The van der Waals surface area contributed by atoms with Gasteiger partial charge in [-0.2, -0.15) is 5.10 Å². The van der Waals surface area contributed by atoms with Gasteiger partial charge in [0, 0.05) is 63.8 Å². The molecule has 2 aliphatic rings. The Hall–Kier alpha value is -1.91. The van der Waals surface area contributed by atoms with Gasteiger partial charge in [-0.05, 0) is 41.0 Å². The molecule has 2 aliphatic heterocycles. The summed E-state index contributed by atoms with van der Waals surface area (Å²) in [5.74, 6) is 1.52. The molecule has 0 saturated carbocycles. The Morgan fingerprint density at radius 2 is 2.09 bits per heavy atom. The molecular formula is C25H33IN6S. The molecule has 0 bridgehead atoms. The smallest absolute Gasteiger partial charge is 0.193 e. The number of likely N-dealkylation sites (tertiary alicyclic amines) is 1. The number of nitrogens with one attached hydrogen (secondary N) is 1. The Balaban J connectivity index is 0.00000259. The molecule has 176 valence electrons. The lowest BCUT2D eigenvalue weighted by Gasteiger charge is -2.36. The predicted molar refractivity (Wildman–Crippen MR) is 147 cm³/mol. The summed E-state index contributed by atoms with van der Waals surface area (Å²) in [6.07, 6.45) is 6.43. The number of benzene rings is 1. The van der Waals surface area contributed by atoms with Crippen molar-refractivity contribution in [3.63, 3.8) is 0 Å². The van der Waals surface area contributed by atoms with Crippen LogP contribution in [-0.2, 0) is 20.0 Å². The summed E-state index contributed by atoms with van der Waals surface area (Å²) in [6, 6.07) is 13.5. The third-order valence-electron chi connectivity index (χ3n) is 6.81. The lowest BCUT2D eigenvalue weighted by molar-refractivity contribution is 0.180. The minimum Gasteiger partial charge on any atom is -0.354 e. The minimum atomic E-state index is 0. The molecule has 33 heavy (non-hydrogen) atoms. The second kappa shape index (κ2) is 11.0. The summed E-state index contributed by atoms with van der Waals surface area (Å²) in [6.45, 7) is 4.98. The average molecular weight is 577 g/mol. The van der Waals surface area contributed by atoms with E-state index in [9.17, 15) is 0 Å². The van der Waals surface area contributed by atoms with Gasteiger partial charge in [0.25, 0.3) is 0 Å². The van der Waals surface area contributed by atoms with Crippen LogP contribution in [0.3, 0.4) is 0 Å². The van der Waals surface area contributed by atoms with E-state index in [1.165, 1.54) is 16.7 Å². The quantitative estimate of drug-likeness (QED) is 0.280. The van der Waals surface area contributed by atoms with Crippen LogP contribution in [0.1, 0.15) is 39.9 Å². The average Bonchev–Trinajstić information content (AvgIpc) is 3.57. The highest BCUT2D eigenvalue weighted by molar-refractivity contribution is 14.0. The fourth-order valence-electron chi connectivity index (χ4n) is 5.07. The topological polar surface area (TPSA) is 48.7 Å². The molecule has 4 heterocycles. The van der Waals surface area contributed by atoms with Crippen LogP contribution in [0.25, 0.3) is 0 Å². The van der Waals surface area contributed by atoms with Gasteiger partial charge in [-0.3, -0.25) is 14.6 Å². The molecule has 1 fully saturated rings. The molecule has 0 aliphatic carbocycles. The normalized spacial score (nSPS) is 19.8. The van der Waals surface area contributed by atoms with E-state index in [1.54, 1.807) is 4.88 Å². The van der Waals surface area contributed by atoms with E-state index >= 15 is 0 Å². The maximum absolute atomic E-state index is 4.64. The molecule has 2 atom stereocenters. The summed E-state index contributed by atoms with van der Waals surface area (Å²) in [7, 11) is 3.88. The van der Waals surface area contributed by atoms with Crippen LogP contribution in [0.15, 0.2) is 59.2 Å². The molecule has 1 saturated heterocycles. The molecule has 6 nitrogen and oxygen atoms in total. The fourth-order valence-corrected chi connectivity index (χ4v) is 5.95. The van der Waals surface area contributed by atoms with Crippen molar-refractivity contribution in [1.82, 2.24) is 24.9 Å². The maximum Gasteiger partial charge on any atom is 0.193 e. The second-order valence-electron chi connectivity index (χ2n) is 8.82. The van der Waals surface area contributed by atoms with Crippen LogP contribution in [0.4, 0.5) is 0 Å². The van der Waals surface area contributed by atoms with Gasteiger partial charge in [0.05, 0.1) is 12.2 Å². The van der Waals surface area contributed by atoms with Gasteiger partial charge in [-0.1, -0.05) is 30.3 Å². The van der Waals surface area contributed by atoms with Crippen LogP contribution in [-0.4, -0.2) is 58.8 Å². The molecule has 1 aromatic carbocycles. The first-order valence-corrected chi connectivity index (χ1v) is 12.4. The zero-order valence-corrected chi connectivity index (χ0v) is 22.5. The molecule has 2 aromatic heterocycles. The molecule has 0 radical (unpaired) electrons. The molecule has 5 rings (SSSR count). The number of aliphatic imine (C=N–C) groups is 1. The first-order valence-electron chi connectivity index (χ1n) is 11.5. The molecule has 0 amide bonds. The highest BCUT2D eigenvalue weighted by atomic mass is 127. The summed E-state index contributed by atoms with van der Waals surface area (Å²) in [5.41, 5.74) is 4.18. The summed E-state index contributed by atoms with van der Waals surface area (Å²) in [5, 5.41) is 10.3. The molecular weight excluding hydrogens is 543 g/mol. The minimum absolute atomic E-state index is 0. The van der Waals surface area contributed by atoms with E-state index in [0.29, 0.717) is 12.0 Å². The van der Waals surface area contributed by atoms with Crippen molar-refractivity contribution in [2.45, 2.75) is 31.3 Å². The highest BCUT2D eigenvalue weighted by Gasteiger charge is 2.29. The van der Waals surface area contributed by atoms with Crippen molar-refractivity contribution in [2.24, 2.45) is 12.0 Å². The second-order valence-corrected chi connectivity index (χ2v) is 9.82. The predicted octanol–water partition coefficient (Wildman–Crippen LogP) is 4.26. The Morgan fingerprint density at radius 1 is 1.24 bits per heavy atom.